The van der Waals surface area contributed by atoms with E-state index in [0.29, 0.717) is 18.8 Å². The van der Waals surface area contributed by atoms with Gasteiger partial charge in [0.25, 0.3) is 5.69 Å². The van der Waals surface area contributed by atoms with Crippen molar-refractivity contribution in [1.29, 1.82) is 0 Å². The number of nitro benzene ring substituents is 1. The van der Waals surface area contributed by atoms with Crippen molar-refractivity contribution in [3.05, 3.63) is 64.2 Å². The number of hydrogen-bond acceptors (Lipinski definition) is 6. The van der Waals surface area contributed by atoms with Gasteiger partial charge in [-0.15, -0.1) is 0 Å². The van der Waals surface area contributed by atoms with Crippen molar-refractivity contribution in [2.45, 2.75) is 18.2 Å². The number of amides is 1. The van der Waals surface area contributed by atoms with Crippen LogP contribution < -0.4 is 5.32 Å². The number of piperazine rings is 1. The minimum atomic E-state index is -3.57. The fraction of sp³-hybridized carbons (Fsp3) is 0.350. The quantitative estimate of drug-likeness (QED) is 0.530. The molecule has 1 fully saturated rings. The Bertz CT molecular complexity index is 1020. The standard InChI is InChI=1S/C20H24N4O5S/c1-16-6-8-17(9-7-16)30(28,29)23-14-12-22(13-15-23)20(25)10-11-21-18-4-2-3-5-19(18)24(26)27/h2-9,21H,10-15H2,1H3. The largest absolute Gasteiger partial charge is 0.379 e. The van der Waals surface area contributed by atoms with Gasteiger partial charge in [-0.3, -0.25) is 14.9 Å². The number of nitrogens with one attached hydrogen (secondary N) is 1. The van der Waals surface area contributed by atoms with Gasteiger partial charge in [0.1, 0.15) is 5.69 Å². The summed E-state index contributed by atoms with van der Waals surface area (Å²) in [4.78, 5) is 24.9. The van der Waals surface area contributed by atoms with Gasteiger partial charge in [-0.1, -0.05) is 29.8 Å². The highest BCUT2D eigenvalue weighted by Gasteiger charge is 2.29. The van der Waals surface area contributed by atoms with Crippen molar-refractivity contribution in [3.63, 3.8) is 0 Å². The van der Waals surface area contributed by atoms with Gasteiger partial charge >= 0.3 is 0 Å². The van der Waals surface area contributed by atoms with Gasteiger partial charge in [0, 0.05) is 45.2 Å². The Morgan fingerprint density at radius 2 is 1.70 bits per heavy atom. The van der Waals surface area contributed by atoms with E-state index in [4.69, 9.17) is 0 Å². The SMILES string of the molecule is Cc1ccc(S(=O)(=O)N2CCN(C(=O)CCNc3ccccc3[N+](=O)[O-])CC2)cc1. The summed E-state index contributed by atoms with van der Waals surface area (Å²) in [6, 6.07) is 13.0. The number of anilines is 1. The molecule has 160 valence electrons. The molecule has 0 aliphatic carbocycles. The molecule has 0 atom stereocenters. The van der Waals surface area contributed by atoms with Crippen LogP contribution in [0.15, 0.2) is 53.4 Å². The Hall–Kier alpha value is -2.98. The summed E-state index contributed by atoms with van der Waals surface area (Å²) < 4.78 is 26.9. The van der Waals surface area contributed by atoms with Crippen LogP contribution in [-0.4, -0.2) is 61.2 Å². The number of carbonyl (C=O) groups excluding carboxylic acids is 1. The molecular formula is C20H24N4O5S. The molecule has 1 heterocycles. The zero-order valence-electron chi connectivity index (χ0n) is 16.7. The summed E-state index contributed by atoms with van der Waals surface area (Å²) in [5.41, 5.74) is 1.31. The fourth-order valence-corrected chi connectivity index (χ4v) is 4.70. The Morgan fingerprint density at radius 1 is 1.07 bits per heavy atom. The van der Waals surface area contributed by atoms with Crippen LogP contribution in [0, 0.1) is 17.0 Å². The van der Waals surface area contributed by atoms with Gasteiger partial charge in [0.05, 0.1) is 9.82 Å². The molecule has 0 radical (unpaired) electrons. The summed E-state index contributed by atoms with van der Waals surface area (Å²) in [7, 11) is -3.57. The van der Waals surface area contributed by atoms with Crippen molar-refractivity contribution >= 4 is 27.3 Å². The van der Waals surface area contributed by atoms with Crippen LogP contribution in [0.25, 0.3) is 0 Å². The van der Waals surface area contributed by atoms with E-state index in [1.165, 1.54) is 10.4 Å². The van der Waals surface area contributed by atoms with Crippen molar-refractivity contribution in [2.24, 2.45) is 0 Å². The first-order valence-electron chi connectivity index (χ1n) is 9.61. The van der Waals surface area contributed by atoms with E-state index in [1.54, 1.807) is 47.4 Å². The van der Waals surface area contributed by atoms with Crippen LogP contribution >= 0.6 is 0 Å². The van der Waals surface area contributed by atoms with Gasteiger partial charge in [0.2, 0.25) is 15.9 Å². The Kier molecular flexibility index (Phi) is 6.68. The minimum Gasteiger partial charge on any atom is -0.379 e. The zero-order chi connectivity index (χ0) is 21.7. The molecule has 2 aromatic rings. The number of aryl methyl sites for hydroxylation is 1. The molecular weight excluding hydrogens is 408 g/mol. The second-order valence-electron chi connectivity index (χ2n) is 7.05. The number of para-hydroxylation sites is 2. The third-order valence-corrected chi connectivity index (χ3v) is 6.92. The van der Waals surface area contributed by atoms with E-state index in [1.807, 2.05) is 6.92 Å². The Balaban J connectivity index is 1.51. The second kappa shape index (κ2) is 9.23. The lowest BCUT2D eigenvalue weighted by molar-refractivity contribution is -0.384. The molecule has 0 saturated carbocycles. The minimum absolute atomic E-state index is 0.0418. The fourth-order valence-electron chi connectivity index (χ4n) is 3.28. The molecule has 2 aromatic carbocycles. The van der Waals surface area contributed by atoms with Crippen LogP contribution in [0.4, 0.5) is 11.4 Å². The number of benzene rings is 2. The molecule has 1 saturated heterocycles. The topological polar surface area (TPSA) is 113 Å². The van der Waals surface area contributed by atoms with E-state index in [0.717, 1.165) is 5.56 Å². The maximum Gasteiger partial charge on any atom is 0.292 e. The van der Waals surface area contributed by atoms with Crippen molar-refractivity contribution in [2.75, 3.05) is 38.0 Å². The molecule has 0 aromatic heterocycles. The van der Waals surface area contributed by atoms with E-state index in [-0.39, 0.29) is 42.5 Å². The van der Waals surface area contributed by atoms with E-state index >= 15 is 0 Å². The first-order valence-corrected chi connectivity index (χ1v) is 11.0. The lowest BCUT2D eigenvalue weighted by Crippen LogP contribution is -2.50. The van der Waals surface area contributed by atoms with Crippen LogP contribution in [0.1, 0.15) is 12.0 Å². The summed E-state index contributed by atoms with van der Waals surface area (Å²) in [5.74, 6) is -0.117. The predicted octanol–water partition coefficient (Wildman–Crippen LogP) is 2.24. The summed E-state index contributed by atoms with van der Waals surface area (Å²) in [5, 5.41) is 14.0. The molecule has 30 heavy (non-hydrogen) atoms. The van der Waals surface area contributed by atoms with Crippen LogP contribution in [0.5, 0.6) is 0 Å². The number of rotatable bonds is 7. The third-order valence-electron chi connectivity index (χ3n) is 5.01. The number of nitrogens with zero attached hydrogens (tertiary/aromatic N) is 3. The van der Waals surface area contributed by atoms with Crippen molar-refractivity contribution < 1.29 is 18.1 Å². The number of carbonyl (C=O) groups is 1. The molecule has 1 aliphatic rings. The maximum atomic E-state index is 12.7. The molecule has 0 spiro atoms. The molecule has 9 nitrogen and oxygen atoms in total. The first-order chi connectivity index (χ1) is 14.3. The molecule has 1 N–H and O–H groups in total. The van der Waals surface area contributed by atoms with Crippen LogP contribution in [0.2, 0.25) is 0 Å². The zero-order valence-corrected chi connectivity index (χ0v) is 17.5. The molecule has 1 amide bonds. The Morgan fingerprint density at radius 3 is 2.33 bits per heavy atom. The predicted molar refractivity (Wildman–Crippen MR) is 113 cm³/mol. The van der Waals surface area contributed by atoms with Gasteiger partial charge < -0.3 is 10.2 Å². The Labute approximate surface area is 175 Å². The van der Waals surface area contributed by atoms with Gasteiger partial charge in [-0.2, -0.15) is 4.31 Å². The van der Waals surface area contributed by atoms with Gasteiger partial charge in [-0.05, 0) is 25.1 Å². The normalized spacial score (nSPS) is 15.0. The highest BCUT2D eigenvalue weighted by molar-refractivity contribution is 7.89. The van der Waals surface area contributed by atoms with Gasteiger partial charge in [0.15, 0.2) is 0 Å². The maximum absolute atomic E-state index is 12.7. The summed E-state index contributed by atoms with van der Waals surface area (Å²) in [6.45, 7) is 3.25. The highest BCUT2D eigenvalue weighted by Crippen LogP contribution is 2.23. The molecule has 1 aliphatic heterocycles. The van der Waals surface area contributed by atoms with Gasteiger partial charge in [-0.25, -0.2) is 8.42 Å². The third kappa shape index (κ3) is 4.95. The first kappa shape index (κ1) is 21.7. The van der Waals surface area contributed by atoms with Crippen molar-refractivity contribution in [3.8, 4) is 0 Å². The molecule has 10 heteroatoms. The smallest absolute Gasteiger partial charge is 0.292 e. The van der Waals surface area contributed by atoms with Crippen molar-refractivity contribution in [1.82, 2.24) is 9.21 Å². The molecule has 3 rings (SSSR count). The highest BCUT2D eigenvalue weighted by atomic mass is 32.2. The average molecular weight is 433 g/mol. The monoisotopic (exact) mass is 432 g/mol. The number of nitro groups is 1. The van der Waals surface area contributed by atoms with Crippen LogP contribution in [0.3, 0.4) is 0 Å². The average Bonchev–Trinajstić information content (AvgIpc) is 2.74. The lowest BCUT2D eigenvalue weighted by Gasteiger charge is -2.34. The summed E-state index contributed by atoms with van der Waals surface area (Å²) in [6.07, 6.45) is 0.163. The lowest BCUT2D eigenvalue weighted by atomic mass is 10.2. The molecule has 0 bridgehead atoms. The van der Waals surface area contributed by atoms with E-state index < -0.39 is 14.9 Å². The van der Waals surface area contributed by atoms with E-state index in [9.17, 15) is 23.3 Å². The number of sulfonamides is 1. The van der Waals surface area contributed by atoms with Crippen LogP contribution in [-0.2, 0) is 14.8 Å². The molecule has 0 unspecified atom stereocenters. The summed E-state index contributed by atoms with van der Waals surface area (Å²) >= 11 is 0. The number of hydrogen-bond donors (Lipinski definition) is 1. The second-order valence-corrected chi connectivity index (χ2v) is 8.99. The van der Waals surface area contributed by atoms with E-state index in [2.05, 4.69) is 5.32 Å².